The Balaban J connectivity index is 0.000000337. The topological polar surface area (TPSA) is 42.1 Å². The number of aryl methyl sites for hydroxylation is 1. The molecule has 1 aromatic rings. The number of nitrogens with one attached hydrogen (secondary N) is 1. The molecule has 0 aliphatic heterocycles. The van der Waals surface area contributed by atoms with Crippen molar-refractivity contribution >= 4 is 11.9 Å². The van der Waals surface area contributed by atoms with Crippen LogP contribution >= 0.6 is 0 Å². The molecule has 0 saturated carbocycles. The second-order valence-corrected chi connectivity index (χ2v) is 3.31. The van der Waals surface area contributed by atoms with E-state index in [-0.39, 0.29) is 0 Å². The zero-order chi connectivity index (χ0) is 11.3. The summed E-state index contributed by atoms with van der Waals surface area (Å²) in [5.74, 6) is 0. The number of carbonyl (C=O) groups is 1. The van der Waals surface area contributed by atoms with Gasteiger partial charge in [-0.15, -0.1) is 0 Å². The minimum Gasteiger partial charge on any atom is -0.356 e. The van der Waals surface area contributed by atoms with Gasteiger partial charge in [0.15, 0.2) is 6.29 Å². The quantitative estimate of drug-likeness (QED) is 0.725. The Morgan fingerprint density at radius 1 is 1.60 bits per heavy atom. The second kappa shape index (κ2) is 5.46. The number of aromatic amines is 1. The third-order valence-corrected chi connectivity index (χ3v) is 2.32. The second-order valence-electron chi connectivity index (χ2n) is 3.31. The number of halogens is 1. The highest BCUT2D eigenvalue weighted by Gasteiger charge is 2.11. The number of carbonyl (C=O) groups excluding carboxylic acids is 1. The molecule has 3 nitrogen and oxygen atoms in total. The molecule has 2 rings (SSSR count). The molecule has 15 heavy (non-hydrogen) atoms. The molecule has 1 aromatic heterocycles. The summed E-state index contributed by atoms with van der Waals surface area (Å²) >= 11 is 0. The lowest BCUT2D eigenvalue weighted by Gasteiger charge is -2.08. The van der Waals surface area contributed by atoms with E-state index in [9.17, 15) is 9.32 Å². The van der Waals surface area contributed by atoms with E-state index < -0.39 is 0 Å². The number of H-pyrrole nitrogens is 1. The van der Waals surface area contributed by atoms with E-state index in [2.05, 4.69) is 22.9 Å². The lowest BCUT2D eigenvalue weighted by atomic mass is 9.98. The van der Waals surface area contributed by atoms with Gasteiger partial charge in [0.25, 0.3) is 0 Å². The fourth-order valence-corrected chi connectivity index (χ4v) is 1.68. The molecule has 0 radical (unpaired) electrons. The molecule has 1 aliphatic rings. The highest BCUT2D eigenvalue weighted by Crippen LogP contribution is 2.25. The summed E-state index contributed by atoms with van der Waals surface area (Å²) in [6.45, 7) is 2.08. The summed E-state index contributed by atoms with van der Waals surface area (Å²) < 4.78 is 9.79. The van der Waals surface area contributed by atoms with Crippen molar-refractivity contribution in [3.05, 3.63) is 29.1 Å². The van der Waals surface area contributed by atoms with Gasteiger partial charge in [0.2, 0.25) is 0 Å². The first kappa shape index (κ1) is 11.7. The molecule has 0 saturated heterocycles. The minimum atomic E-state index is 0.689. The Bertz CT molecular complexity index is 369. The van der Waals surface area contributed by atoms with Crippen molar-refractivity contribution in [2.24, 2.45) is 0 Å². The van der Waals surface area contributed by atoms with Gasteiger partial charge in [-0.1, -0.05) is 6.08 Å². The molecule has 0 spiro atoms. The van der Waals surface area contributed by atoms with Gasteiger partial charge in [0.05, 0.1) is 12.8 Å². The van der Waals surface area contributed by atoms with Gasteiger partial charge in [-0.25, -0.2) is 0 Å². The molecule has 0 fully saturated rings. The van der Waals surface area contributed by atoms with E-state index in [0.29, 0.717) is 5.69 Å². The smallest absolute Gasteiger partial charge is 0.166 e. The molecule has 0 unspecified atom stereocenters. The van der Waals surface area contributed by atoms with Crippen LogP contribution in [0.5, 0.6) is 0 Å². The van der Waals surface area contributed by atoms with Crippen molar-refractivity contribution in [3.8, 4) is 0 Å². The van der Waals surface area contributed by atoms with E-state index in [4.69, 9.17) is 0 Å². The average molecular weight is 211 g/mol. The van der Waals surface area contributed by atoms with Crippen LogP contribution in [-0.4, -0.2) is 18.4 Å². The molecule has 0 atom stereocenters. The molecule has 82 valence electrons. The summed E-state index contributed by atoms with van der Waals surface area (Å²) in [5.41, 5.74) is 4.38. The summed E-state index contributed by atoms with van der Waals surface area (Å²) in [4.78, 5) is 16.3. The summed E-state index contributed by atoms with van der Waals surface area (Å²) in [7, 11) is 0.958. The Kier molecular flexibility index (Phi) is 4.24. The van der Waals surface area contributed by atoms with Gasteiger partial charge in [-0.3, -0.25) is 4.79 Å². The zero-order valence-electron chi connectivity index (χ0n) is 8.84. The fraction of sp³-hybridized carbons (Fsp3) is 0.364. The fourth-order valence-electron chi connectivity index (χ4n) is 1.68. The van der Waals surface area contributed by atoms with E-state index in [1.54, 1.807) is 0 Å². The number of allylic oxidation sites excluding steroid dienone is 2. The van der Waals surface area contributed by atoms with Crippen LogP contribution in [0.4, 0.5) is 4.53 Å². The largest absolute Gasteiger partial charge is 0.356 e. The van der Waals surface area contributed by atoms with E-state index >= 15 is 0 Å². The highest BCUT2D eigenvalue weighted by atomic mass is 19.3. The maximum absolute atomic E-state index is 10.5. The van der Waals surface area contributed by atoms with Crippen LogP contribution in [0.25, 0.3) is 5.57 Å². The Morgan fingerprint density at radius 3 is 2.80 bits per heavy atom. The van der Waals surface area contributed by atoms with Crippen LogP contribution in [0.1, 0.15) is 35.1 Å². The predicted molar refractivity (Wildman–Crippen MR) is 56.3 cm³/mol. The summed E-state index contributed by atoms with van der Waals surface area (Å²) in [5, 5.41) is 0. The van der Waals surface area contributed by atoms with E-state index in [1.807, 2.05) is 6.07 Å². The number of aromatic nitrogens is 1. The first-order valence-electron chi connectivity index (χ1n) is 4.71. The van der Waals surface area contributed by atoms with E-state index in [1.165, 1.54) is 16.8 Å². The van der Waals surface area contributed by atoms with E-state index in [0.717, 1.165) is 26.2 Å². The summed E-state index contributed by atoms with van der Waals surface area (Å²) in [6, 6.07) is 1.92. The third-order valence-electron chi connectivity index (χ3n) is 2.32. The van der Waals surface area contributed by atoms with Gasteiger partial charge >= 0.3 is 0 Å². The maximum atomic E-state index is 10.5. The lowest BCUT2D eigenvalue weighted by molar-refractivity contribution is -0.0960. The SMILES string of the molecule is CC1=CCCc2[nH]c(C=O)cc21.COF. The van der Waals surface area contributed by atoms with Gasteiger partial charge in [0, 0.05) is 5.69 Å². The predicted octanol–water partition coefficient (Wildman–Crippen LogP) is 2.69. The van der Waals surface area contributed by atoms with Crippen molar-refractivity contribution in [2.75, 3.05) is 7.11 Å². The molecule has 4 heteroatoms. The number of fused-ring (bicyclic) bond motifs is 1. The van der Waals surface area contributed by atoms with Crippen molar-refractivity contribution in [2.45, 2.75) is 19.8 Å². The number of aldehydes is 1. The van der Waals surface area contributed by atoms with Crippen LogP contribution in [0.15, 0.2) is 12.1 Å². The van der Waals surface area contributed by atoms with Crippen molar-refractivity contribution in [3.63, 3.8) is 0 Å². The number of hydrogen-bond donors (Lipinski definition) is 1. The van der Waals surface area contributed by atoms with Crippen LogP contribution in [0, 0.1) is 0 Å². The third kappa shape index (κ3) is 2.76. The maximum Gasteiger partial charge on any atom is 0.166 e. The molecule has 1 N–H and O–H groups in total. The molecular formula is C11H14FNO2. The molecule has 1 aliphatic carbocycles. The van der Waals surface area contributed by atoms with Crippen molar-refractivity contribution < 1.29 is 14.3 Å². The highest BCUT2D eigenvalue weighted by molar-refractivity contribution is 5.78. The standard InChI is InChI=1S/C10H11NO.CH3FO/c1-7-3-2-4-10-9(7)5-8(6-12)11-10;1-3-2/h3,5-6,11H,2,4H2,1H3;1H3. The molecular weight excluding hydrogens is 197 g/mol. The van der Waals surface area contributed by atoms with Gasteiger partial charge in [-0.2, -0.15) is 4.94 Å². The summed E-state index contributed by atoms with van der Waals surface area (Å²) in [6.07, 6.45) is 5.19. The van der Waals surface area contributed by atoms with Gasteiger partial charge < -0.3 is 4.98 Å². The van der Waals surface area contributed by atoms with Crippen LogP contribution in [-0.2, 0) is 11.4 Å². The minimum absolute atomic E-state index is 0.689. The van der Waals surface area contributed by atoms with Crippen molar-refractivity contribution in [1.82, 2.24) is 4.98 Å². The first-order chi connectivity index (χ1) is 7.22. The Hall–Kier alpha value is -1.42. The monoisotopic (exact) mass is 211 g/mol. The molecule has 0 amide bonds. The Labute approximate surface area is 87.8 Å². The van der Waals surface area contributed by atoms with Gasteiger partial charge in [-0.05, 0) is 41.5 Å². The van der Waals surface area contributed by atoms with Crippen LogP contribution in [0.3, 0.4) is 0 Å². The lowest BCUT2D eigenvalue weighted by Crippen LogP contribution is -1.94. The number of hydrogen-bond acceptors (Lipinski definition) is 2. The van der Waals surface area contributed by atoms with Gasteiger partial charge in [0.1, 0.15) is 0 Å². The molecule has 0 aromatic carbocycles. The molecule has 1 heterocycles. The average Bonchev–Trinajstić information content (AvgIpc) is 2.63. The zero-order valence-corrected chi connectivity index (χ0v) is 8.84. The Morgan fingerprint density at radius 2 is 2.27 bits per heavy atom. The van der Waals surface area contributed by atoms with Crippen LogP contribution < -0.4 is 0 Å². The molecule has 0 bridgehead atoms. The normalized spacial score (nSPS) is 13.4. The van der Waals surface area contributed by atoms with Crippen LogP contribution in [0.2, 0.25) is 0 Å². The number of rotatable bonds is 1. The van der Waals surface area contributed by atoms with Crippen molar-refractivity contribution in [1.29, 1.82) is 0 Å². The first-order valence-corrected chi connectivity index (χ1v) is 4.71.